The summed E-state index contributed by atoms with van der Waals surface area (Å²) in [6.07, 6.45) is 0. The molecule has 1 heterocycles. The Bertz CT molecular complexity index is 908. The predicted octanol–water partition coefficient (Wildman–Crippen LogP) is 4.66. The van der Waals surface area contributed by atoms with Gasteiger partial charge in [0.15, 0.2) is 5.16 Å². The molecule has 4 nitrogen and oxygen atoms in total. The van der Waals surface area contributed by atoms with Crippen LogP contribution in [-0.4, -0.2) is 22.1 Å². The number of nitrogens with zero attached hydrogens (tertiary/aromatic N) is 2. The molecule has 25 heavy (non-hydrogen) atoms. The van der Waals surface area contributed by atoms with Gasteiger partial charge in [-0.15, -0.1) is 0 Å². The molecule has 3 rings (SSSR count). The van der Waals surface area contributed by atoms with Crippen LogP contribution in [0.25, 0.3) is 11.0 Å². The summed E-state index contributed by atoms with van der Waals surface area (Å²) in [7, 11) is 0. The molecule has 0 aliphatic heterocycles. The van der Waals surface area contributed by atoms with E-state index >= 15 is 0 Å². The Labute approximate surface area is 150 Å². The highest BCUT2D eigenvalue weighted by Gasteiger charge is 2.14. The molecule has 0 amide bonds. The van der Waals surface area contributed by atoms with Gasteiger partial charge in [-0.1, -0.05) is 30.0 Å². The highest BCUT2D eigenvalue weighted by Crippen LogP contribution is 2.28. The third-order valence-corrected chi connectivity index (χ3v) is 4.88. The molecule has 0 fully saturated rings. The summed E-state index contributed by atoms with van der Waals surface area (Å²) in [5, 5.41) is 0.807. The van der Waals surface area contributed by atoms with Crippen molar-refractivity contribution in [3.63, 3.8) is 0 Å². The number of ether oxygens (including phenoxy) is 1. The number of hydrogen-bond donors (Lipinski definition) is 0. The van der Waals surface area contributed by atoms with E-state index in [0.717, 1.165) is 22.7 Å². The summed E-state index contributed by atoms with van der Waals surface area (Å²) >= 11 is 1.48. The first-order valence-electron chi connectivity index (χ1n) is 8.17. The highest BCUT2D eigenvalue weighted by molar-refractivity contribution is 7.98. The number of aryl methyl sites for hydroxylation is 1. The molecule has 0 bridgehead atoms. The zero-order chi connectivity index (χ0) is 17.8. The topological polar surface area (TPSA) is 44.1 Å². The number of carbonyl (C=O) groups is 1. The van der Waals surface area contributed by atoms with Crippen LogP contribution in [0.3, 0.4) is 0 Å². The standard InChI is InChI=1S/C19H19FN2O2S/c1-3-22-17-10-9-13(18(23)24-4-2)11-16(17)21-19(22)25-12-14-7-5-6-8-15(14)20/h5-11H,3-4,12H2,1-2H3. The molecular weight excluding hydrogens is 339 g/mol. The molecule has 0 aliphatic carbocycles. The SMILES string of the molecule is CCOC(=O)c1ccc2c(c1)nc(SCc1ccccc1F)n2CC. The van der Waals surface area contributed by atoms with E-state index in [1.54, 1.807) is 31.2 Å². The van der Waals surface area contributed by atoms with Gasteiger partial charge in [-0.25, -0.2) is 14.2 Å². The third-order valence-electron chi connectivity index (χ3n) is 3.86. The summed E-state index contributed by atoms with van der Waals surface area (Å²) in [5.74, 6) is -0.0597. The lowest BCUT2D eigenvalue weighted by Gasteiger charge is -2.06. The van der Waals surface area contributed by atoms with Crippen LogP contribution in [0.4, 0.5) is 4.39 Å². The number of imidazole rings is 1. The molecule has 0 unspecified atom stereocenters. The molecule has 0 saturated heterocycles. The van der Waals surface area contributed by atoms with E-state index in [9.17, 15) is 9.18 Å². The van der Waals surface area contributed by atoms with Gasteiger partial charge in [0.2, 0.25) is 0 Å². The molecule has 3 aromatic rings. The van der Waals surface area contributed by atoms with Gasteiger partial charge in [-0.3, -0.25) is 0 Å². The maximum atomic E-state index is 13.8. The molecule has 0 radical (unpaired) electrons. The number of fused-ring (bicyclic) bond motifs is 1. The number of benzene rings is 2. The number of hydrogen-bond acceptors (Lipinski definition) is 4. The van der Waals surface area contributed by atoms with Crippen LogP contribution >= 0.6 is 11.8 Å². The van der Waals surface area contributed by atoms with Crippen molar-refractivity contribution in [2.45, 2.75) is 31.3 Å². The van der Waals surface area contributed by atoms with Gasteiger partial charge in [0.1, 0.15) is 5.82 Å². The molecule has 0 saturated carbocycles. The van der Waals surface area contributed by atoms with Crippen LogP contribution in [-0.2, 0) is 17.0 Å². The summed E-state index contributed by atoms with van der Waals surface area (Å²) in [4.78, 5) is 16.5. The monoisotopic (exact) mass is 358 g/mol. The van der Waals surface area contributed by atoms with E-state index in [1.165, 1.54) is 17.8 Å². The number of halogens is 1. The number of aromatic nitrogens is 2. The van der Waals surface area contributed by atoms with E-state index in [4.69, 9.17) is 4.74 Å². The average Bonchev–Trinajstić information content (AvgIpc) is 2.97. The van der Waals surface area contributed by atoms with Crippen LogP contribution in [0.1, 0.15) is 29.8 Å². The van der Waals surface area contributed by atoms with Crippen molar-refractivity contribution in [2.24, 2.45) is 0 Å². The molecule has 0 atom stereocenters. The van der Waals surface area contributed by atoms with E-state index in [2.05, 4.69) is 9.55 Å². The second kappa shape index (κ2) is 7.70. The Morgan fingerprint density at radius 1 is 1.24 bits per heavy atom. The van der Waals surface area contributed by atoms with Crippen LogP contribution in [0, 0.1) is 5.82 Å². The quantitative estimate of drug-likeness (QED) is 0.475. The van der Waals surface area contributed by atoms with Crippen molar-refractivity contribution in [1.29, 1.82) is 0 Å². The smallest absolute Gasteiger partial charge is 0.338 e. The Morgan fingerprint density at radius 3 is 2.76 bits per heavy atom. The molecule has 130 valence electrons. The first-order valence-corrected chi connectivity index (χ1v) is 9.16. The van der Waals surface area contributed by atoms with Gasteiger partial charge in [0.25, 0.3) is 0 Å². The van der Waals surface area contributed by atoms with Gasteiger partial charge >= 0.3 is 5.97 Å². The second-order valence-electron chi connectivity index (χ2n) is 5.44. The van der Waals surface area contributed by atoms with E-state index in [0.29, 0.717) is 23.5 Å². The molecule has 1 aromatic heterocycles. The minimum absolute atomic E-state index is 0.209. The molecule has 6 heteroatoms. The molecular formula is C19H19FN2O2S. The van der Waals surface area contributed by atoms with Gasteiger partial charge < -0.3 is 9.30 Å². The van der Waals surface area contributed by atoms with E-state index < -0.39 is 0 Å². The number of thioether (sulfide) groups is 1. The fraction of sp³-hybridized carbons (Fsp3) is 0.263. The van der Waals surface area contributed by atoms with Crippen LogP contribution in [0.2, 0.25) is 0 Å². The summed E-state index contributed by atoms with van der Waals surface area (Å²) in [5.41, 5.74) is 2.82. The van der Waals surface area contributed by atoms with Crippen molar-refractivity contribution < 1.29 is 13.9 Å². The average molecular weight is 358 g/mol. The molecule has 0 aliphatic rings. The van der Waals surface area contributed by atoms with Crippen LogP contribution < -0.4 is 0 Å². The largest absolute Gasteiger partial charge is 0.462 e. The fourth-order valence-electron chi connectivity index (χ4n) is 2.62. The van der Waals surface area contributed by atoms with Crippen molar-refractivity contribution in [3.8, 4) is 0 Å². The lowest BCUT2D eigenvalue weighted by atomic mass is 10.2. The minimum atomic E-state index is -0.351. The minimum Gasteiger partial charge on any atom is -0.462 e. The first kappa shape index (κ1) is 17.5. The van der Waals surface area contributed by atoms with Gasteiger partial charge in [0.05, 0.1) is 23.2 Å². The highest BCUT2D eigenvalue weighted by atomic mass is 32.2. The van der Waals surface area contributed by atoms with E-state index in [1.807, 2.05) is 19.1 Å². The Morgan fingerprint density at radius 2 is 2.04 bits per heavy atom. The van der Waals surface area contributed by atoms with Crippen LogP contribution in [0.15, 0.2) is 47.6 Å². The Hall–Kier alpha value is -2.34. The summed E-state index contributed by atoms with van der Waals surface area (Å²) in [6.45, 7) is 4.89. The zero-order valence-electron chi connectivity index (χ0n) is 14.2. The third kappa shape index (κ3) is 3.69. The number of esters is 1. The summed E-state index contributed by atoms with van der Waals surface area (Å²) in [6, 6.07) is 12.1. The normalized spacial score (nSPS) is 11.0. The zero-order valence-corrected chi connectivity index (χ0v) is 15.0. The lowest BCUT2D eigenvalue weighted by Crippen LogP contribution is -2.04. The molecule has 0 spiro atoms. The number of rotatable bonds is 6. The Balaban J connectivity index is 1.90. The van der Waals surface area contributed by atoms with Crippen molar-refractivity contribution in [1.82, 2.24) is 9.55 Å². The van der Waals surface area contributed by atoms with Crippen molar-refractivity contribution >= 4 is 28.8 Å². The van der Waals surface area contributed by atoms with Gasteiger partial charge in [-0.2, -0.15) is 0 Å². The maximum absolute atomic E-state index is 13.8. The summed E-state index contributed by atoms with van der Waals surface area (Å²) < 4.78 is 20.9. The van der Waals surface area contributed by atoms with Crippen molar-refractivity contribution in [3.05, 3.63) is 59.4 Å². The number of carbonyl (C=O) groups excluding carboxylic acids is 1. The van der Waals surface area contributed by atoms with Crippen molar-refractivity contribution in [2.75, 3.05) is 6.61 Å². The fourth-order valence-corrected chi connectivity index (χ4v) is 3.69. The van der Waals surface area contributed by atoms with Crippen LogP contribution in [0.5, 0.6) is 0 Å². The molecule has 2 aromatic carbocycles. The lowest BCUT2D eigenvalue weighted by molar-refractivity contribution is 0.0526. The maximum Gasteiger partial charge on any atom is 0.338 e. The van der Waals surface area contributed by atoms with E-state index in [-0.39, 0.29) is 11.8 Å². The predicted molar refractivity (Wildman–Crippen MR) is 97.3 cm³/mol. The first-order chi connectivity index (χ1) is 12.1. The van der Waals surface area contributed by atoms with Gasteiger partial charge in [0, 0.05) is 12.3 Å². The second-order valence-corrected chi connectivity index (χ2v) is 6.39. The molecule has 0 N–H and O–H groups in total. The van der Waals surface area contributed by atoms with Gasteiger partial charge in [-0.05, 0) is 43.7 Å². The Kier molecular flexibility index (Phi) is 5.38.